The van der Waals surface area contributed by atoms with Gasteiger partial charge >= 0.3 is 0 Å². The summed E-state index contributed by atoms with van der Waals surface area (Å²) in [5, 5.41) is 26.1. The molecule has 0 saturated heterocycles. The summed E-state index contributed by atoms with van der Waals surface area (Å²) in [6.45, 7) is 3.96. The number of dihydropyridines is 1. The number of hydrogen-bond donors (Lipinski definition) is 3. The van der Waals surface area contributed by atoms with Crippen molar-refractivity contribution in [3.05, 3.63) is 51.3 Å². The van der Waals surface area contributed by atoms with E-state index in [2.05, 4.69) is 22.8 Å². The summed E-state index contributed by atoms with van der Waals surface area (Å²) < 4.78 is 0. The van der Waals surface area contributed by atoms with E-state index in [-0.39, 0.29) is 11.7 Å². The number of rotatable bonds is 4. The van der Waals surface area contributed by atoms with Gasteiger partial charge in [-0.05, 0) is 38.3 Å². The number of nitrogens with two attached hydrogens (primary N) is 1. The Kier molecular flexibility index (Phi) is 6.20. The van der Waals surface area contributed by atoms with E-state index in [9.17, 15) is 15.3 Å². The highest BCUT2D eigenvalue weighted by Gasteiger charge is 2.45. The van der Waals surface area contributed by atoms with E-state index in [0.29, 0.717) is 22.0 Å². The van der Waals surface area contributed by atoms with Crippen LogP contribution in [0.3, 0.4) is 0 Å². The number of allylic oxidation sites excluding steroid dienone is 2. The van der Waals surface area contributed by atoms with E-state index < -0.39 is 5.41 Å². The van der Waals surface area contributed by atoms with Gasteiger partial charge in [-0.2, -0.15) is 10.5 Å². The van der Waals surface area contributed by atoms with Gasteiger partial charge in [-0.3, -0.25) is 4.79 Å². The van der Waals surface area contributed by atoms with Crippen molar-refractivity contribution in [2.75, 3.05) is 11.1 Å². The van der Waals surface area contributed by atoms with Gasteiger partial charge in [0.05, 0.1) is 34.1 Å². The second-order valence-corrected chi connectivity index (χ2v) is 8.62. The molecule has 1 fully saturated rings. The minimum Gasteiger partial charge on any atom is -0.384 e. The Hall–Kier alpha value is -2.90. The molecule has 0 unspecified atom stereocenters. The lowest BCUT2D eigenvalue weighted by molar-refractivity contribution is -0.113. The van der Waals surface area contributed by atoms with Gasteiger partial charge < -0.3 is 16.4 Å². The first-order valence-electron chi connectivity index (χ1n) is 9.73. The van der Waals surface area contributed by atoms with Gasteiger partial charge in [-0.25, -0.2) is 0 Å². The first-order chi connectivity index (χ1) is 13.9. The molecule has 0 bridgehead atoms. The number of carbonyl (C=O) groups excluding carboxylic acids is 1. The van der Waals surface area contributed by atoms with Crippen molar-refractivity contribution in [3.63, 3.8) is 0 Å². The van der Waals surface area contributed by atoms with Gasteiger partial charge in [0.15, 0.2) is 0 Å². The van der Waals surface area contributed by atoms with Crippen LogP contribution in [0.25, 0.3) is 0 Å². The second-order valence-electron chi connectivity index (χ2n) is 7.64. The number of benzene rings is 1. The van der Waals surface area contributed by atoms with Crippen molar-refractivity contribution in [3.8, 4) is 12.1 Å². The van der Waals surface area contributed by atoms with Gasteiger partial charge in [0.25, 0.3) is 0 Å². The van der Waals surface area contributed by atoms with Crippen molar-refractivity contribution in [2.24, 2.45) is 11.1 Å². The summed E-state index contributed by atoms with van der Waals surface area (Å²) in [5.74, 6) is 0.289. The van der Waals surface area contributed by atoms with Crippen molar-refractivity contribution in [2.45, 2.75) is 46.0 Å². The molecule has 0 radical (unpaired) electrons. The Morgan fingerprint density at radius 3 is 2.52 bits per heavy atom. The molecule has 29 heavy (non-hydrogen) atoms. The summed E-state index contributed by atoms with van der Waals surface area (Å²) in [6.07, 6.45) is 4.47. The quantitative estimate of drug-likeness (QED) is 0.696. The number of nitrogens with zero attached hydrogens (tertiary/aromatic N) is 2. The Morgan fingerprint density at radius 1 is 1.21 bits per heavy atom. The molecule has 1 aliphatic carbocycles. The molecule has 150 valence electrons. The SMILES string of the molecule is Cc1ccc(NC(=O)CSC2=C(C#N)C3(CCCCC3)C(C#N)=C(N)N2)c(C)c1. The van der Waals surface area contributed by atoms with Crippen molar-refractivity contribution in [1.29, 1.82) is 10.5 Å². The highest BCUT2D eigenvalue weighted by Crippen LogP contribution is 2.51. The molecule has 3 rings (SSSR count). The maximum atomic E-state index is 12.5. The lowest BCUT2D eigenvalue weighted by Crippen LogP contribution is -2.39. The van der Waals surface area contributed by atoms with Gasteiger partial charge in [0.1, 0.15) is 5.82 Å². The van der Waals surface area contributed by atoms with Gasteiger partial charge in [-0.1, -0.05) is 48.7 Å². The predicted octanol–water partition coefficient (Wildman–Crippen LogP) is 3.96. The molecule has 1 aromatic carbocycles. The summed E-state index contributed by atoms with van der Waals surface area (Å²) in [5.41, 5.74) is 9.44. The van der Waals surface area contributed by atoms with E-state index >= 15 is 0 Å². The van der Waals surface area contributed by atoms with Crippen LogP contribution in [-0.4, -0.2) is 11.7 Å². The molecule has 0 aromatic heterocycles. The number of nitrogens with one attached hydrogen (secondary N) is 2. The molecule has 6 nitrogen and oxygen atoms in total. The van der Waals surface area contributed by atoms with Crippen molar-refractivity contribution >= 4 is 23.4 Å². The molecule has 1 aliphatic heterocycles. The topological polar surface area (TPSA) is 115 Å². The smallest absolute Gasteiger partial charge is 0.234 e. The lowest BCUT2D eigenvalue weighted by Gasteiger charge is -2.40. The molecule has 7 heteroatoms. The predicted molar refractivity (Wildman–Crippen MR) is 115 cm³/mol. The van der Waals surface area contributed by atoms with E-state index in [4.69, 9.17) is 5.73 Å². The van der Waals surface area contributed by atoms with E-state index in [1.54, 1.807) is 0 Å². The number of carbonyl (C=O) groups is 1. The Balaban J connectivity index is 1.79. The third-order valence-electron chi connectivity index (χ3n) is 5.64. The van der Waals surface area contributed by atoms with Crippen LogP contribution in [0.2, 0.25) is 0 Å². The summed E-state index contributed by atoms with van der Waals surface area (Å²) >= 11 is 1.26. The normalized spacial score (nSPS) is 18.1. The standard InChI is InChI=1S/C22H25N5OS/c1-14-6-7-18(15(2)10-14)26-19(28)13-29-21-17(12-24)22(8-4-3-5-9-22)16(11-23)20(25)27-21/h6-7,10,27H,3-5,8-9,13,25H2,1-2H3,(H,26,28). The Morgan fingerprint density at radius 2 is 1.90 bits per heavy atom. The molecule has 1 saturated carbocycles. The average molecular weight is 408 g/mol. The van der Waals surface area contributed by atoms with Crippen LogP contribution in [0, 0.1) is 41.9 Å². The molecular formula is C22H25N5OS. The number of aryl methyl sites for hydroxylation is 2. The van der Waals surface area contributed by atoms with Crippen LogP contribution < -0.4 is 16.4 Å². The minimum atomic E-state index is -0.622. The second kappa shape index (κ2) is 8.63. The zero-order chi connectivity index (χ0) is 21.0. The molecule has 4 N–H and O–H groups in total. The molecule has 1 amide bonds. The van der Waals surface area contributed by atoms with Crippen LogP contribution in [0.4, 0.5) is 5.69 Å². The van der Waals surface area contributed by atoms with Gasteiger partial charge in [-0.15, -0.1) is 0 Å². The fourth-order valence-corrected chi connectivity index (χ4v) is 5.13. The number of hydrogen-bond acceptors (Lipinski definition) is 6. The van der Waals surface area contributed by atoms with Gasteiger partial charge in [0.2, 0.25) is 5.91 Å². The van der Waals surface area contributed by atoms with Crippen LogP contribution in [0.1, 0.15) is 43.2 Å². The maximum absolute atomic E-state index is 12.5. The van der Waals surface area contributed by atoms with Gasteiger partial charge in [0, 0.05) is 11.1 Å². The fourth-order valence-electron chi connectivity index (χ4n) is 4.21. The van der Waals surface area contributed by atoms with E-state index in [1.165, 1.54) is 11.8 Å². The summed E-state index contributed by atoms with van der Waals surface area (Å²) in [7, 11) is 0. The number of thioether (sulfide) groups is 1. The van der Waals surface area contributed by atoms with Crippen molar-refractivity contribution < 1.29 is 4.79 Å². The third kappa shape index (κ3) is 4.11. The van der Waals surface area contributed by atoms with E-state index in [0.717, 1.165) is 48.9 Å². The average Bonchev–Trinajstić information content (AvgIpc) is 2.69. The number of amides is 1. The van der Waals surface area contributed by atoms with Crippen LogP contribution >= 0.6 is 11.8 Å². The van der Waals surface area contributed by atoms with Crippen molar-refractivity contribution in [1.82, 2.24) is 5.32 Å². The monoisotopic (exact) mass is 407 g/mol. The zero-order valence-electron chi connectivity index (χ0n) is 16.8. The highest BCUT2D eigenvalue weighted by molar-refractivity contribution is 8.03. The molecule has 1 spiro atoms. The van der Waals surface area contributed by atoms with Crippen LogP contribution in [0.5, 0.6) is 0 Å². The highest BCUT2D eigenvalue weighted by atomic mass is 32.2. The number of nitriles is 2. The summed E-state index contributed by atoms with van der Waals surface area (Å²) in [4.78, 5) is 12.5. The van der Waals surface area contributed by atoms with Crippen LogP contribution in [-0.2, 0) is 4.79 Å². The molecular weight excluding hydrogens is 382 g/mol. The third-order valence-corrected chi connectivity index (χ3v) is 6.64. The largest absolute Gasteiger partial charge is 0.384 e. The van der Waals surface area contributed by atoms with Crippen LogP contribution in [0.15, 0.2) is 40.2 Å². The summed E-state index contributed by atoms with van der Waals surface area (Å²) in [6, 6.07) is 10.4. The molecule has 2 aliphatic rings. The minimum absolute atomic E-state index is 0.145. The number of anilines is 1. The molecule has 1 heterocycles. The molecule has 0 atom stereocenters. The Labute approximate surface area is 175 Å². The molecule has 1 aromatic rings. The fraction of sp³-hybridized carbons (Fsp3) is 0.409. The van der Waals surface area contributed by atoms with E-state index in [1.807, 2.05) is 32.0 Å². The maximum Gasteiger partial charge on any atom is 0.234 e. The first-order valence-corrected chi connectivity index (χ1v) is 10.7. The first kappa shape index (κ1) is 20.8. The Bertz CT molecular complexity index is 974. The zero-order valence-corrected chi connectivity index (χ0v) is 17.6. The lowest BCUT2D eigenvalue weighted by atomic mass is 9.64.